The van der Waals surface area contributed by atoms with E-state index in [4.69, 9.17) is 39.4 Å². The molecule has 1 N–H and O–H groups in total. The fourth-order valence-electron chi connectivity index (χ4n) is 0.772. The molecule has 1 atom stereocenters. The van der Waals surface area contributed by atoms with Crippen LogP contribution in [0.2, 0.25) is 0 Å². The molecule has 0 aromatic carbocycles. The van der Waals surface area contributed by atoms with Crippen LogP contribution in [0.3, 0.4) is 0 Å². The van der Waals surface area contributed by atoms with Crippen LogP contribution in [0.25, 0.3) is 0 Å². The Balaban J connectivity index is 4.53. The van der Waals surface area contributed by atoms with Crippen molar-refractivity contribution in [2.45, 2.75) is 12.5 Å². The van der Waals surface area contributed by atoms with Gasteiger partial charge in [0, 0.05) is 17.8 Å². The molecule has 0 aliphatic carbocycles. The third kappa shape index (κ3) is 4.67. The zero-order valence-electron chi connectivity index (χ0n) is 6.66. The highest BCUT2D eigenvalue weighted by atomic mass is 35.5. The minimum atomic E-state index is -4.29. The first-order chi connectivity index (χ1) is 5.97. The Morgan fingerprint density at radius 3 is 2.08 bits per heavy atom. The molecule has 0 aliphatic rings. The van der Waals surface area contributed by atoms with Crippen LogP contribution in [-0.2, 0) is 10.3 Å². The molecule has 0 radical (unpaired) electrons. The summed E-state index contributed by atoms with van der Waals surface area (Å²) < 4.78 is 30.9. The monoisotopic (exact) mass is 269 g/mol. The van der Waals surface area contributed by atoms with Crippen molar-refractivity contribution in [1.29, 1.82) is 0 Å². The van der Waals surface area contributed by atoms with E-state index in [0.717, 1.165) is 0 Å². The molecule has 0 aromatic rings. The highest BCUT2D eigenvalue weighted by Gasteiger charge is 2.26. The van der Waals surface area contributed by atoms with E-state index in [1.54, 1.807) is 0 Å². The maximum atomic E-state index is 10.7. The Labute approximate surface area is 92.6 Å². The molecular formula is C5H10Cl3NO3S. The average molecular weight is 271 g/mol. The van der Waals surface area contributed by atoms with Gasteiger partial charge in [-0.2, -0.15) is 12.7 Å². The van der Waals surface area contributed by atoms with Gasteiger partial charge in [0.25, 0.3) is 0 Å². The SMILES string of the molecule is O=S(=O)(O)N(CCl)C(CCl)CCCl. The summed E-state index contributed by atoms with van der Waals surface area (Å²) >= 11 is 16.3. The smallest absolute Gasteiger partial charge is 0.273 e. The third-order valence-electron chi connectivity index (χ3n) is 1.44. The molecule has 0 fully saturated rings. The number of hydrogen-bond acceptors (Lipinski definition) is 2. The molecule has 0 amide bonds. The summed E-state index contributed by atoms with van der Waals surface area (Å²) in [4.78, 5) is 0. The topological polar surface area (TPSA) is 57.6 Å². The second-order valence-electron chi connectivity index (χ2n) is 2.27. The molecule has 4 nitrogen and oxygen atoms in total. The number of hydrogen-bond donors (Lipinski definition) is 1. The lowest BCUT2D eigenvalue weighted by atomic mass is 10.3. The second kappa shape index (κ2) is 6.27. The molecule has 0 saturated heterocycles. The normalized spacial score (nSPS) is 14.8. The first-order valence-electron chi connectivity index (χ1n) is 3.39. The molecule has 0 spiro atoms. The van der Waals surface area contributed by atoms with E-state index in [2.05, 4.69) is 0 Å². The molecule has 0 aliphatic heterocycles. The van der Waals surface area contributed by atoms with Crippen LogP contribution < -0.4 is 0 Å². The average Bonchev–Trinajstić information content (AvgIpc) is 2.01. The summed E-state index contributed by atoms with van der Waals surface area (Å²) in [5, 5.41) is 0. The minimum absolute atomic E-state index is 0.0409. The number of halogens is 3. The fourth-order valence-corrected chi connectivity index (χ4v) is 2.67. The van der Waals surface area contributed by atoms with Crippen LogP contribution in [0.5, 0.6) is 0 Å². The van der Waals surface area contributed by atoms with Gasteiger partial charge in [-0.25, -0.2) is 0 Å². The van der Waals surface area contributed by atoms with Crippen LogP contribution in [-0.4, -0.2) is 41.1 Å². The molecule has 0 saturated carbocycles. The highest BCUT2D eigenvalue weighted by Crippen LogP contribution is 2.12. The fraction of sp³-hybridized carbons (Fsp3) is 1.00. The van der Waals surface area contributed by atoms with Crippen LogP contribution >= 0.6 is 34.8 Å². The van der Waals surface area contributed by atoms with Gasteiger partial charge < -0.3 is 0 Å². The van der Waals surface area contributed by atoms with Crippen molar-refractivity contribution in [1.82, 2.24) is 4.31 Å². The Morgan fingerprint density at radius 1 is 1.31 bits per heavy atom. The van der Waals surface area contributed by atoms with E-state index in [0.29, 0.717) is 10.7 Å². The standard InChI is InChI=1S/C5H10Cl3NO3S/c6-2-1-5(3-7)9(4-8)13(10,11)12/h5H,1-4H2,(H,10,11,12). The van der Waals surface area contributed by atoms with Gasteiger partial charge in [0.1, 0.15) is 0 Å². The van der Waals surface area contributed by atoms with Gasteiger partial charge in [0.05, 0.1) is 6.00 Å². The molecule has 0 aromatic heterocycles. The molecule has 0 rings (SSSR count). The van der Waals surface area contributed by atoms with Crippen LogP contribution in [0, 0.1) is 0 Å². The molecule has 0 bridgehead atoms. The molecule has 8 heteroatoms. The van der Waals surface area contributed by atoms with Gasteiger partial charge in [-0.3, -0.25) is 4.55 Å². The minimum Gasteiger partial charge on any atom is -0.273 e. The van der Waals surface area contributed by atoms with Crippen molar-refractivity contribution in [3.63, 3.8) is 0 Å². The summed E-state index contributed by atoms with van der Waals surface area (Å²) in [6.07, 6.45) is 0.345. The summed E-state index contributed by atoms with van der Waals surface area (Å²) in [5.41, 5.74) is 0. The van der Waals surface area contributed by atoms with E-state index in [1.165, 1.54) is 0 Å². The summed E-state index contributed by atoms with van der Waals surface area (Å²) in [5.74, 6) is 0.291. The predicted octanol–water partition coefficient (Wildman–Crippen LogP) is 1.52. The lowest BCUT2D eigenvalue weighted by Crippen LogP contribution is -2.40. The van der Waals surface area contributed by atoms with Gasteiger partial charge in [0.2, 0.25) is 0 Å². The summed E-state index contributed by atoms with van der Waals surface area (Å²) in [6.45, 7) is 0. The Kier molecular flexibility index (Phi) is 6.62. The molecular weight excluding hydrogens is 260 g/mol. The molecule has 80 valence electrons. The molecule has 1 unspecified atom stereocenters. The number of alkyl halides is 3. The van der Waals surface area contributed by atoms with Gasteiger partial charge in [-0.05, 0) is 6.42 Å². The van der Waals surface area contributed by atoms with Gasteiger partial charge in [0.15, 0.2) is 0 Å². The van der Waals surface area contributed by atoms with E-state index in [9.17, 15) is 8.42 Å². The van der Waals surface area contributed by atoms with Crippen molar-refractivity contribution in [3.8, 4) is 0 Å². The van der Waals surface area contributed by atoms with Gasteiger partial charge in [-0.1, -0.05) is 0 Å². The van der Waals surface area contributed by atoms with E-state index in [-0.39, 0.29) is 17.8 Å². The first kappa shape index (κ1) is 13.7. The van der Waals surface area contributed by atoms with Crippen molar-refractivity contribution in [2.75, 3.05) is 17.8 Å². The Hall–Kier alpha value is 0.740. The van der Waals surface area contributed by atoms with E-state index >= 15 is 0 Å². The second-order valence-corrected chi connectivity index (χ2v) is 4.56. The largest absolute Gasteiger partial charge is 0.337 e. The van der Waals surface area contributed by atoms with E-state index < -0.39 is 16.3 Å². The number of nitrogens with zero attached hydrogens (tertiary/aromatic N) is 1. The first-order valence-corrected chi connectivity index (χ1v) is 6.39. The van der Waals surface area contributed by atoms with Gasteiger partial charge >= 0.3 is 10.3 Å². The van der Waals surface area contributed by atoms with Crippen molar-refractivity contribution >= 4 is 45.1 Å². The maximum absolute atomic E-state index is 10.7. The third-order valence-corrected chi connectivity index (χ3v) is 3.44. The lowest BCUT2D eigenvalue weighted by Gasteiger charge is -2.23. The van der Waals surface area contributed by atoms with Crippen molar-refractivity contribution in [2.24, 2.45) is 0 Å². The lowest BCUT2D eigenvalue weighted by molar-refractivity contribution is 0.324. The Morgan fingerprint density at radius 2 is 1.85 bits per heavy atom. The number of rotatable bonds is 6. The van der Waals surface area contributed by atoms with Crippen molar-refractivity contribution in [3.05, 3.63) is 0 Å². The quantitative estimate of drug-likeness (QED) is 0.452. The van der Waals surface area contributed by atoms with E-state index in [1.807, 2.05) is 0 Å². The van der Waals surface area contributed by atoms with Crippen LogP contribution in [0.1, 0.15) is 6.42 Å². The van der Waals surface area contributed by atoms with Gasteiger partial charge in [-0.15, -0.1) is 34.8 Å². The van der Waals surface area contributed by atoms with Crippen LogP contribution in [0.15, 0.2) is 0 Å². The zero-order chi connectivity index (χ0) is 10.5. The summed E-state index contributed by atoms with van der Waals surface area (Å²) in [7, 11) is -4.29. The summed E-state index contributed by atoms with van der Waals surface area (Å²) in [6, 6.07) is -0.903. The molecule has 0 heterocycles. The highest BCUT2D eigenvalue weighted by molar-refractivity contribution is 7.83. The van der Waals surface area contributed by atoms with Crippen LogP contribution in [0.4, 0.5) is 0 Å². The maximum Gasteiger partial charge on any atom is 0.337 e. The molecule has 13 heavy (non-hydrogen) atoms. The van der Waals surface area contributed by atoms with Crippen molar-refractivity contribution < 1.29 is 13.0 Å². The predicted molar refractivity (Wildman–Crippen MR) is 54.0 cm³/mol. The Bertz CT molecular complexity index is 233. The zero-order valence-corrected chi connectivity index (χ0v) is 9.74.